The first-order valence-electron chi connectivity index (χ1n) is 5.82. The van der Waals surface area contributed by atoms with Crippen molar-refractivity contribution in [2.75, 3.05) is 31.6 Å². The first-order valence-corrected chi connectivity index (χ1v) is 5.82. The van der Waals surface area contributed by atoms with Crippen LogP contribution in [0.1, 0.15) is 13.8 Å². The van der Waals surface area contributed by atoms with E-state index in [1.165, 1.54) is 0 Å². The molecular weight excluding hydrogens is 200 g/mol. The minimum absolute atomic E-state index is 0.486. The molecule has 0 aliphatic heterocycles. The van der Waals surface area contributed by atoms with Crippen molar-refractivity contribution in [2.45, 2.75) is 13.8 Å². The summed E-state index contributed by atoms with van der Waals surface area (Å²) in [7, 11) is 2.07. The second kappa shape index (κ2) is 6.38. The molecule has 16 heavy (non-hydrogen) atoms. The molecule has 0 amide bonds. The summed E-state index contributed by atoms with van der Waals surface area (Å²) in [5, 5.41) is 0. The van der Waals surface area contributed by atoms with Gasteiger partial charge < -0.3 is 15.4 Å². The molecule has 0 aliphatic carbocycles. The molecule has 1 unspecified atom stereocenters. The van der Waals surface area contributed by atoms with Crippen molar-refractivity contribution in [1.29, 1.82) is 0 Å². The van der Waals surface area contributed by atoms with Crippen LogP contribution in [-0.2, 0) is 0 Å². The van der Waals surface area contributed by atoms with Gasteiger partial charge in [-0.05, 0) is 31.5 Å². The molecule has 3 nitrogen and oxygen atoms in total. The molecule has 0 saturated heterocycles. The Bertz CT molecular complexity index is 315. The zero-order valence-corrected chi connectivity index (χ0v) is 10.4. The Kier molecular flexibility index (Phi) is 5.12. The first kappa shape index (κ1) is 12.8. The van der Waals surface area contributed by atoms with Crippen LogP contribution in [0.15, 0.2) is 24.3 Å². The van der Waals surface area contributed by atoms with E-state index in [1.54, 1.807) is 0 Å². The number of benzene rings is 1. The van der Waals surface area contributed by atoms with E-state index >= 15 is 0 Å². The third-order valence-electron chi connectivity index (χ3n) is 2.56. The van der Waals surface area contributed by atoms with Gasteiger partial charge in [0.25, 0.3) is 0 Å². The molecule has 3 heteroatoms. The third-order valence-corrected chi connectivity index (χ3v) is 2.56. The van der Waals surface area contributed by atoms with Gasteiger partial charge >= 0.3 is 0 Å². The Morgan fingerprint density at radius 1 is 1.38 bits per heavy atom. The summed E-state index contributed by atoms with van der Waals surface area (Å²) in [5.41, 5.74) is 6.77. The van der Waals surface area contributed by atoms with E-state index in [2.05, 4.69) is 24.9 Å². The Morgan fingerprint density at radius 2 is 2.06 bits per heavy atom. The molecule has 1 aromatic rings. The summed E-state index contributed by atoms with van der Waals surface area (Å²) in [6, 6.07) is 8.10. The molecule has 0 saturated carbocycles. The average molecular weight is 222 g/mol. The monoisotopic (exact) mass is 222 g/mol. The highest BCUT2D eigenvalue weighted by Crippen LogP contribution is 2.27. The molecule has 1 aromatic carbocycles. The van der Waals surface area contributed by atoms with E-state index in [0.717, 1.165) is 18.0 Å². The van der Waals surface area contributed by atoms with Crippen molar-refractivity contribution in [3.05, 3.63) is 24.3 Å². The highest BCUT2D eigenvalue weighted by molar-refractivity contribution is 5.57. The lowest BCUT2D eigenvalue weighted by Crippen LogP contribution is -2.28. The van der Waals surface area contributed by atoms with Crippen molar-refractivity contribution < 1.29 is 4.74 Å². The molecule has 0 aromatic heterocycles. The Morgan fingerprint density at radius 3 is 2.69 bits per heavy atom. The van der Waals surface area contributed by atoms with Crippen molar-refractivity contribution in [1.82, 2.24) is 0 Å². The van der Waals surface area contributed by atoms with Crippen molar-refractivity contribution in [2.24, 2.45) is 11.7 Å². The van der Waals surface area contributed by atoms with Gasteiger partial charge in [0, 0.05) is 13.6 Å². The zero-order valence-electron chi connectivity index (χ0n) is 10.4. The lowest BCUT2D eigenvalue weighted by atomic mass is 10.1. The molecule has 0 heterocycles. The summed E-state index contributed by atoms with van der Waals surface area (Å²) in [6.45, 7) is 6.50. The number of nitrogens with two attached hydrogens (primary N) is 1. The van der Waals surface area contributed by atoms with Crippen LogP contribution in [0.25, 0.3) is 0 Å². The fourth-order valence-electron chi connectivity index (χ4n) is 1.69. The molecule has 2 N–H and O–H groups in total. The molecule has 90 valence electrons. The predicted molar refractivity (Wildman–Crippen MR) is 69.1 cm³/mol. The Labute approximate surface area is 98.2 Å². The smallest absolute Gasteiger partial charge is 0.142 e. The van der Waals surface area contributed by atoms with Gasteiger partial charge in [0.1, 0.15) is 5.75 Å². The Hall–Kier alpha value is -1.22. The van der Waals surface area contributed by atoms with E-state index in [1.807, 2.05) is 25.1 Å². The number of para-hydroxylation sites is 2. The SMILES string of the molecule is CCOc1ccccc1N(C)CC(C)CN. The minimum Gasteiger partial charge on any atom is -0.492 e. The van der Waals surface area contributed by atoms with Crippen LogP contribution in [0.2, 0.25) is 0 Å². The first-order chi connectivity index (χ1) is 7.69. The minimum atomic E-state index is 0.486. The number of nitrogens with zero attached hydrogens (tertiary/aromatic N) is 1. The number of hydrogen-bond donors (Lipinski definition) is 1. The molecule has 1 rings (SSSR count). The van der Waals surface area contributed by atoms with Crippen molar-refractivity contribution in [3.8, 4) is 5.75 Å². The van der Waals surface area contributed by atoms with Crippen LogP contribution in [0, 0.1) is 5.92 Å². The maximum atomic E-state index is 5.64. The van der Waals surface area contributed by atoms with Crippen LogP contribution < -0.4 is 15.4 Å². The summed E-state index contributed by atoms with van der Waals surface area (Å²) in [4.78, 5) is 2.20. The maximum absolute atomic E-state index is 5.64. The number of hydrogen-bond acceptors (Lipinski definition) is 3. The molecule has 1 atom stereocenters. The van der Waals surface area contributed by atoms with Crippen LogP contribution in [0.3, 0.4) is 0 Å². The van der Waals surface area contributed by atoms with Crippen LogP contribution >= 0.6 is 0 Å². The topological polar surface area (TPSA) is 38.5 Å². The van der Waals surface area contributed by atoms with E-state index in [-0.39, 0.29) is 0 Å². The van der Waals surface area contributed by atoms with Crippen LogP contribution in [0.5, 0.6) is 5.75 Å². The lowest BCUT2D eigenvalue weighted by Gasteiger charge is -2.24. The third kappa shape index (κ3) is 3.42. The number of anilines is 1. The van der Waals surface area contributed by atoms with E-state index in [0.29, 0.717) is 19.1 Å². The quantitative estimate of drug-likeness (QED) is 0.801. The van der Waals surface area contributed by atoms with Crippen molar-refractivity contribution >= 4 is 5.69 Å². The Balaban J connectivity index is 2.77. The standard InChI is InChI=1S/C13H22N2O/c1-4-16-13-8-6-5-7-12(13)15(3)10-11(2)9-14/h5-8,11H,4,9-10,14H2,1-3H3. The van der Waals surface area contributed by atoms with Gasteiger partial charge in [-0.15, -0.1) is 0 Å². The van der Waals surface area contributed by atoms with Crippen LogP contribution in [0.4, 0.5) is 5.69 Å². The van der Waals surface area contributed by atoms with Gasteiger partial charge in [0.2, 0.25) is 0 Å². The van der Waals surface area contributed by atoms with Gasteiger partial charge in [0.05, 0.1) is 12.3 Å². The predicted octanol–water partition coefficient (Wildman–Crippen LogP) is 2.12. The molecule has 0 bridgehead atoms. The maximum Gasteiger partial charge on any atom is 0.142 e. The summed E-state index contributed by atoms with van der Waals surface area (Å²) < 4.78 is 5.60. The van der Waals surface area contributed by atoms with Gasteiger partial charge in [-0.25, -0.2) is 0 Å². The van der Waals surface area contributed by atoms with Gasteiger partial charge in [-0.1, -0.05) is 19.1 Å². The van der Waals surface area contributed by atoms with Crippen molar-refractivity contribution in [3.63, 3.8) is 0 Å². The summed E-state index contributed by atoms with van der Waals surface area (Å²) in [6.07, 6.45) is 0. The summed E-state index contributed by atoms with van der Waals surface area (Å²) >= 11 is 0. The highest BCUT2D eigenvalue weighted by atomic mass is 16.5. The molecular formula is C13H22N2O. The zero-order chi connectivity index (χ0) is 12.0. The largest absolute Gasteiger partial charge is 0.492 e. The van der Waals surface area contributed by atoms with Gasteiger partial charge in [-0.3, -0.25) is 0 Å². The fraction of sp³-hybridized carbons (Fsp3) is 0.538. The average Bonchev–Trinajstić information content (AvgIpc) is 2.30. The second-order valence-corrected chi connectivity index (χ2v) is 4.12. The number of ether oxygens (including phenoxy) is 1. The van der Waals surface area contributed by atoms with E-state index < -0.39 is 0 Å². The molecule has 0 radical (unpaired) electrons. The second-order valence-electron chi connectivity index (χ2n) is 4.12. The van der Waals surface area contributed by atoms with Gasteiger partial charge in [-0.2, -0.15) is 0 Å². The molecule has 0 fully saturated rings. The highest BCUT2D eigenvalue weighted by Gasteiger charge is 2.10. The van der Waals surface area contributed by atoms with E-state index in [4.69, 9.17) is 10.5 Å². The van der Waals surface area contributed by atoms with Crippen LogP contribution in [-0.4, -0.2) is 26.7 Å². The normalized spacial score (nSPS) is 12.2. The molecule has 0 spiro atoms. The fourth-order valence-corrected chi connectivity index (χ4v) is 1.69. The van der Waals surface area contributed by atoms with Gasteiger partial charge in [0.15, 0.2) is 0 Å². The number of rotatable bonds is 6. The molecule has 0 aliphatic rings. The van der Waals surface area contributed by atoms with E-state index in [9.17, 15) is 0 Å². The summed E-state index contributed by atoms with van der Waals surface area (Å²) in [5.74, 6) is 1.43. The lowest BCUT2D eigenvalue weighted by molar-refractivity contribution is 0.340.